The number of nitrogens with zero attached hydrogens (tertiary/aromatic N) is 2. The van der Waals surface area contributed by atoms with Crippen LogP contribution in [0.5, 0.6) is 0 Å². The molecule has 0 saturated carbocycles. The fourth-order valence-corrected chi connectivity index (χ4v) is 3.87. The van der Waals surface area contributed by atoms with Gasteiger partial charge in [-0.15, -0.1) is 0 Å². The number of carbonyl (C=O) groups excluding carboxylic acids is 1. The van der Waals surface area contributed by atoms with E-state index in [1.807, 2.05) is 37.3 Å². The summed E-state index contributed by atoms with van der Waals surface area (Å²) in [5.41, 5.74) is 1.98. The first-order valence-corrected chi connectivity index (χ1v) is 8.50. The zero-order valence-corrected chi connectivity index (χ0v) is 13.7. The first kappa shape index (κ1) is 14.4. The van der Waals surface area contributed by atoms with E-state index < -0.39 is 0 Å². The number of anilines is 2. The molecule has 0 bridgehead atoms. The molecule has 1 aromatic heterocycles. The van der Waals surface area contributed by atoms with Gasteiger partial charge in [0.05, 0.1) is 12.2 Å². The number of furan rings is 1. The molecule has 23 heavy (non-hydrogen) atoms. The van der Waals surface area contributed by atoms with Crippen LogP contribution < -0.4 is 10.2 Å². The van der Waals surface area contributed by atoms with Crippen molar-refractivity contribution >= 4 is 34.2 Å². The summed E-state index contributed by atoms with van der Waals surface area (Å²) < 4.78 is 5.49. The van der Waals surface area contributed by atoms with Gasteiger partial charge in [-0.3, -0.25) is 9.79 Å². The third-order valence-electron chi connectivity index (χ3n) is 3.93. The highest BCUT2D eigenvalue weighted by molar-refractivity contribution is 8.14. The lowest BCUT2D eigenvalue weighted by Crippen LogP contribution is -2.21. The molecule has 1 amide bonds. The lowest BCUT2D eigenvalue weighted by Gasteiger charge is -2.13. The Bertz CT molecular complexity index is 797. The summed E-state index contributed by atoms with van der Waals surface area (Å²) in [6.45, 7) is 3.67. The largest absolute Gasteiger partial charge is 0.466 e. The Morgan fingerprint density at radius 1 is 1.39 bits per heavy atom. The number of hydrogen-bond acceptors (Lipinski definition) is 5. The van der Waals surface area contributed by atoms with Gasteiger partial charge in [-0.05, 0) is 49.0 Å². The second kappa shape index (κ2) is 5.77. The third kappa shape index (κ3) is 2.86. The monoisotopic (exact) mass is 327 g/mol. The predicted molar refractivity (Wildman–Crippen MR) is 92.3 cm³/mol. The first-order chi connectivity index (χ1) is 11.2. The molecule has 0 radical (unpaired) electrons. The molecule has 0 unspecified atom stereocenters. The van der Waals surface area contributed by atoms with E-state index in [4.69, 9.17) is 4.42 Å². The molecular weight excluding hydrogens is 310 g/mol. The number of hydrogen-bond donors (Lipinski definition) is 1. The Morgan fingerprint density at radius 2 is 2.30 bits per heavy atom. The maximum absolute atomic E-state index is 12.1. The minimum atomic E-state index is -0.0000319. The van der Waals surface area contributed by atoms with E-state index in [9.17, 15) is 4.79 Å². The van der Waals surface area contributed by atoms with Crippen molar-refractivity contribution < 1.29 is 9.21 Å². The number of rotatable bonds is 4. The molecule has 118 valence electrons. The molecule has 0 saturated heterocycles. The number of carbonyl (C=O) groups is 1. The standard InChI is InChI=1S/C17H17N3O2S/c1-11-2-4-13(22-11)5-7-16(21)19-12-3-6-15-14(10-12)20-9-8-18-17(20)23-15/h2-4,6,10H,5,7-9H2,1H3,(H,19,21). The fraction of sp³-hybridized carbons (Fsp3) is 0.294. The average Bonchev–Trinajstić information content (AvgIpc) is 3.21. The van der Waals surface area contributed by atoms with Crippen molar-refractivity contribution in [2.24, 2.45) is 4.99 Å². The van der Waals surface area contributed by atoms with Crippen LogP contribution >= 0.6 is 11.8 Å². The van der Waals surface area contributed by atoms with Crippen LogP contribution in [0.2, 0.25) is 0 Å². The summed E-state index contributed by atoms with van der Waals surface area (Å²) >= 11 is 1.70. The summed E-state index contributed by atoms with van der Waals surface area (Å²) in [5, 5.41) is 4.04. The van der Waals surface area contributed by atoms with Crippen molar-refractivity contribution in [1.82, 2.24) is 0 Å². The Balaban J connectivity index is 1.40. The highest BCUT2D eigenvalue weighted by Gasteiger charge is 2.29. The van der Waals surface area contributed by atoms with Crippen LogP contribution in [0, 0.1) is 6.92 Å². The lowest BCUT2D eigenvalue weighted by molar-refractivity contribution is -0.116. The van der Waals surface area contributed by atoms with E-state index in [-0.39, 0.29) is 5.91 Å². The number of nitrogens with one attached hydrogen (secondary N) is 1. The molecule has 0 spiro atoms. The van der Waals surface area contributed by atoms with E-state index >= 15 is 0 Å². The highest BCUT2D eigenvalue weighted by atomic mass is 32.2. The molecule has 0 fully saturated rings. The number of amidine groups is 1. The second-order valence-electron chi connectivity index (χ2n) is 5.66. The van der Waals surface area contributed by atoms with Crippen LogP contribution in [0.1, 0.15) is 17.9 Å². The van der Waals surface area contributed by atoms with Gasteiger partial charge in [0, 0.05) is 30.0 Å². The zero-order valence-electron chi connectivity index (χ0n) is 12.8. The number of amides is 1. The van der Waals surface area contributed by atoms with Gasteiger partial charge >= 0.3 is 0 Å². The van der Waals surface area contributed by atoms with Gasteiger partial charge in [-0.2, -0.15) is 0 Å². The molecular formula is C17H17N3O2S. The number of fused-ring (bicyclic) bond motifs is 3. The molecule has 6 heteroatoms. The molecule has 0 atom stereocenters. The van der Waals surface area contributed by atoms with Gasteiger partial charge in [-0.1, -0.05) is 0 Å². The van der Waals surface area contributed by atoms with Gasteiger partial charge in [0.15, 0.2) is 5.17 Å². The van der Waals surface area contributed by atoms with E-state index in [1.165, 1.54) is 4.90 Å². The van der Waals surface area contributed by atoms with E-state index in [1.54, 1.807) is 11.8 Å². The number of aliphatic imine (C=N–C) groups is 1. The number of thioether (sulfide) groups is 1. The minimum absolute atomic E-state index is 0.0000319. The topological polar surface area (TPSA) is 57.8 Å². The van der Waals surface area contributed by atoms with Gasteiger partial charge in [0.2, 0.25) is 5.91 Å². The molecule has 1 N–H and O–H groups in total. The Morgan fingerprint density at radius 3 is 3.13 bits per heavy atom. The molecule has 5 nitrogen and oxygen atoms in total. The maximum atomic E-state index is 12.1. The lowest BCUT2D eigenvalue weighted by atomic mass is 10.2. The number of benzene rings is 1. The van der Waals surface area contributed by atoms with Crippen molar-refractivity contribution in [2.75, 3.05) is 23.3 Å². The minimum Gasteiger partial charge on any atom is -0.466 e. The number of aryl methyl sites for hydroxylation is 2. The third-order valence-corrected chi connectivity index (χ3v) is 5.03. The van der Waals surface area contributed by atoms with E-state index in [0.29, 0.717) is 12.8 Å². The molecule has 4 rings (SSSR count). The van der Waals surface area contributed by atoms with Crippen LogP contribution in [0.4, 0.5) is 11.4 Å². The van der Waals surface area contributed by atoms with E-state index in [2.05, 4.69) is 15.2 Å². The Kier molecular flexibility index (Phi) is 3.61. The normalized spacial score (nSPS) is 15.3. The summed E-state index contributed by atoms with van der Waals surface area (Å²) in [7, 11) is 0. The Hall–Kier alpha value is -2.21. The Labute approximate surface area is 138 Å². The first-order valence-electron chi connectivity index (χ1n) is 7.68. The summed E-state index contributed by atoms with van der Waals surface area (Å²) in [6, 6.07) is 9.87. The van der Waals surface area contributed by atoms with Crippen molar-refractivity contribution in [3.63, 3.8) is 0 Å². The van der Waals surface area contributed by atoms with Gasteiger partial charge < -0.3 is 14.6 Å². The smallest absolute Gasteiger partial charge is 0.224 e. The highest BCUT2D eigenvalue weighted by Crippen LogP contribution is 2.43. The SMILES string of the molecule is Cc1ccc(CCC(=O)Nc2ccc3c(c2)N2CCN=C2S3)o1. The molecule has 2 aliphatic rings. The van der Waals surface area contributed by atoms with Crippen LogP contribution in [0.3, 0.4) is 0 Å². The summed E-state index contributed by atoms with van der Waals surface area (Å²) in [5.74, 6) is 1.72. The molecule has 0 aliphatic carbocycles. The molecule has 2 aromatic rings. The van der Waals surface area contributed by atoms with Gasteiger partial charge in [0.1, 0.15) is 11.5 Å². The molecule has 3 heterocycles. The van der Waals surface area contributed by atoms with Crippen molar-refractivity contribution in [3.05, 3.63) is 41.9 Å². The van der Waals surface area contributed by atoms with Crippen LogP contribution in [-0.2, 0) is 11.2 Å². The van der Waals surface area contributed by atoms with Crippen LogP contribution in [-0.4, -0.2) is 24.2 Å². The predicted octanol–water partition coefficient (Wildman–Crippen LogP) is 3.44. The van der Waals surface area contributed by atoms with Crippen molar-refractivity contribution in [2.45, 2.75) is 24.7 Å². The van der Waals surface area contributed by atoms with Gasteiger partial charge in [0.25, 0.3) is 0 Å². The van der Waals surface area contributed by atoms with E-state index in [0.717, 1.165) is 41.2 Å². The van der Waals surface area contributed by atoms with Crippen molar-refractivity contribution in [1.29, 1.82) is 0 Å². The quantitative estimate of drug-likeness (QED) is 0.934. The fourth-order valence-electron chi connectivity index (χ4n) is 2.81. The molecule has 1 aromatic carbocycles. The summed E-state index contributed by atoms with van der Waals surface area (Å²) in [4.78, 5) is 20.0. The summed E-state index contributed by atoms with van der Waals surface area (Å²) in [6.07, 6.45) is 1.03. The average molecular weight is 327 g/mol. The van der Waals surface area contributed by atoms with Crippen molar-refractivity contribution in [3.8, 4) is 0 Å². The molecule has 2 aliphatic heterocycles. The van der Waals surface area contributed by atoms with Gasteiger partial charge in [-0.25, -0.2) is 0 Å². The van der Waals surface area contributed by atoms with Crippen LogP contribution in [0.25, 0.3) is 0 Å². The second-order valence-corrected chi connectivity index (χ2v) is 6.67. The van der Waals surface area contributed by atoms with Crippen LogP contribution in [0.15, 0.2) is 44.6 Å². The maximum Gasteiger partial charge on any atom is 0.224 e. The zero-order chi connectivity index (χ0) is 15.8.